The second kappa shape index (κ2) is 4.55. The number of imidazole rings is 1. The van der Waals surface area contributed by atoms with E-state index in [1.807, 2.05) is 18.4 Å². The second-order valence-electron chi connectivity index (χ2n) is 3.46. The molecule has 1 rings (SSSR count). The van der Waals surface area contributed by atoms with Gasteiger partial charge in [-0.15, -0.1) is 0 Å². The number of nitrogens with zero attached hydrogens (tertiary/aromatic N) is 2. The van der Waals surface area contributed by atoms with Gasteiger partial charge in [-0.05, 0) is 13.3 Å². The fraction of sp³-hybridized carbons (Fsp3) is 0.700. The molecular formula is C10H18FN3. The number of rotatable bonds is 5. The summed E-state index contributed by atoms with van der Waals surface area (Å²) in [7, 11) is 0. The van der Waals surface area contributed by atoms with Crippen LogP contribution in [0.1, 0.15) is 32.5 Å². The smallest absolute Gasteiger partial charge is 0.180 e. The van der Waals surface area contributed by atoms with Gasteiger partial charge >= 0.3 is 0 Å². The van der Waals surface area contributed by atoms with E-state index in [9.17, 15) is 4.39 Å². The van der Waals surface area contributed by atoms with Gasteiger partial charge in [-0.2, -0.15) is 0 Å². The fourth-order valence-corrected chi connectivity index (χ4v) is 1.66. The Labute approximate surface area is 84.1 Å². The van der Waals surface area contributed by atoms with Crippen LogP contribution in [0, 0.1) is 0 Å². The zero-order chi connectivity index (χ0) is 10.6. The van der Waals surface area contributed by atoms with E-state index >= 15 is 0 Å². The van der Waals surface area contributed by atoms with Crippen molar-refractivity contribution in [3.63, 3.8) is 0 Å². The summed E-state index contributed by atoms with van der Waals surface area (Å²) in [6.45, 7) is 4.64. The Morgan fingerprint density at radius 3 is 2.79 bits per heavy atom. The van der Waals surface area contributed by atoms with Crippen molar-refractivity contribution in [2.75, 3.05) is 6.54 Å². The van der Waals surface area contributed by atoms with Gasteiger partial charge in [0.2, 0.25) is 0 Å². The van der Waals surface area contributed by atoms with Gasteiger partial charge in [0.15, 0.2) is 5.67 Å². The Bertz CT molecular complexity index is 285. The summed E-state index contributed by atoms with van der Waals surface area (Å²) in [6.07, 6.45) is 4.61. The average Bonchev–Trinajstić information content (AvgIpc) is 2.66. The molecule has 1 aromatic rings. The average molecular weight is 199 g/mol. The molecule has 1 heterocycles. The first-order valence-corrected chi connectivity index (χ1v) is 5.08. The highest BCUT2D eigenvalue weighted by Crippen LogP contribution is 2.28. The molecule has 1 aromatic heterocycles. The lowest BCUT2D eigenvalue weighted by atomic mass is 9.99. The van der Waals surface area contributed by atoms with Crippen molar-refractivity contribution in [3.05, 3.63) is 18.2 Å². The number of hydrogen-bond acceptors (Lipinski definition) is 2. The van der Waals surface area contributed by atoms with Gasteiger partial charge in [-0.25, -0.2) is 9.37 Å². The Morgan fingerprint density at radius 1 is 1.57 bits per heavy atom. The number of aromatic nitrogens is 2. The van der Waals surface area contributed by atoms with Crippen molar-refractivity contribution in [1.29, 1.82) is 0 Å². The Hall–Kier alpha value is -0.900. The minimum atomic E-state index is -1.46. The van der Waals surface area contributed by atoms with Gasteiger partial charge in [0.05, 0.1) is 0 Å². The van der Waals surface area contributed by atoms with Gasteiger partial charge in [0.1, 0.15) is 5.82 Å². The van der Waals surface area contributed by atoms with E-state index in [2.05, 4.69) is 4.98 Å². The van der Waals surface area contributed by atoms with Gasteiger partial charge in [-0.1, -0.05) is 13.3 Å². The van der Waals surface area contributed by atoms with Crippen molar-refractivity contribution in [1.82, 2.24) is 9.55 Å². The van der Waals surface area contributed by atoms with Crippen LogP contribution < -0.4 is 5.73 Å². The van der Waals surface area contributed by atoms with Crippen LogP contribution in [0.4, 0.5) is 4.39 Å². The first-order valence-electron chi connectivity index (χ1n) is 5.08. The molecule has 3 nitrogen and oxygen atoms in total. The number of nitrogens with two attached hydrogens (primary N) is 1. The Kier molecular flexibility index (Phi) is 3.63. The van der Waals surface area contributed by atoms with Crippen molar-refractivity contribution in [3.8, 4) is 0 Å². The largest absolute Gasteiger partial charge is 0.332 e. The van der Waals surface area contributed by atoms with E-state index < -0.39 is 5.67 Å². The predicted octanol–water partition coefficient (Wildman–Crippen LogP) is 1.83. The maximum atomic E-state index is 14.3. The van der Waals surface area contributed by atoms with E-state index in [-0.39, 0.29) is 6.54 Å². The Morgan fingerprint density at radius 2 is 2.29 bits per heavy atom. The molecule has 0 aliphatic carbocycles. The van der Waals surface area contributed by atoms with E-state index in [1.54, 1.807) is 12.4 Å². The third-order valence-electron chi connectivity index (χ3n) is 2.43. The maximum absolute atomic E-state index is 14.3. The van der Waals surface area contributed by atoms with E-state index in [1.165, 1.54) is 0 Å². The summed E-state index contributed by atoms with van der Waals surface area (Å²) < 4.78 is 16.1. The summed E-state index contributed by atoms with van der Waals surface area (Å²) in [6, 6.07) is 0. The van der Waals surface area contributed by atoms with E-state index in [4.69, 9.17) is 5.73 Å². The predicted molar refractivity (Wildman–Crippen MR) is 54.6 cm³/mol. The van der Waals surface area contributed by atoms with Crippen LogP contribution >= 0.6 is 0 Å². The summed E-state index contributed by atoms with van der Waals surface area (Å²) >= 11 is 0. The summed E-state index contributed by atoms with van der Waals surface area (Å²) in [4.78, 5) is 4.06. The van der Waals surface area contributed by atoms with Gasteiger partial charge in [0.25, 0.3) is 0 Å². The quantitative estimate of drug-likeness (QED) is 0.786. The van der Waals surface area contributed by atoms with Crippen LogP contribution in [0.2, 0.25) is 0 Å². The van der Waals surface area contributed by atoms with Crippen molar-refractivity contribution in [2.24, 2.45) is 5.73 Å². The summed E-state index contributed by atoms with van der Waals surface area (Å²) in [5.41, 5.74) is 4.02. The van der Waals surface area contributed by atoms with Crippen LogP contribution in [-0.2, 0) is 12.2 Å². The lowest BCUT2D eigenvalue weighted by Gasteiger charge is -2.23. The number of alkyl halides is 1. The van der Waals surface area contributed by atoms with Crippen LogP contribution in [0.15, 0.2) is 12.4 Å². The zero-order valence-electron chi connectivity index (χ0n) is 8.83. The first kappa shape index (κ1) is 11.2. The lowest BCUT2D eigenvalue weighted by molar-refractivity contribution is 0.141. The molecule has 2 N–H and O–H groups in total. The highest BCUT2D eigenvalue weighted by molar-refractivity contribution is 5.06. The molecule has 0 fully saturated rings. The molecule has 14 heavy (non-hydrogen) atoms. The maximum Gasteiger partial charge on any atom is 0.180 e. The van der Waals surface area contributed by atoms with Crippen LogP contribution in [0.25, 0.3) is 0 Å². The third kappa shape index (κ3) is 1.95. The van der Waals surface area contributed by atoms with Crippen molar-refractivity contribution < 1.29 is 4.39 Å². The molecule has 0 aliphatic heterocycles. The zero-order valence-corrected chi connectivity index (χ0v) is 8.83. The summed E-state index contributed by atoms with van der Waals surface area (Å²) in [5, 5.41) is 0. The molecule has 0 saturated carbocycles. The first-order chi connectivity index (χ1) is 6.68. The second-order valence-corrected chi connectivity index (χ2v) is 3.46. The molecule has 0 spiro atoms. The van der Waals surface area contributed by atoms with Gasteiger partial charge in [-0.3, -0.25) is 0 Å². The van der Waals surface area contributed by atoms with Crippen LogP contribution in [0.3, 0.4) is 0 Å². The lowest BCUT2D eigenvalue weighted by Crippen LogP contribution is -2.33. The van der Waals surface area contributed by atoms with Crippen molar-refractivity contribution >= 4 is 0 Å². The van der Waals surface area contributed by atoms with Gasteiger partial charge < -0.3 is 10.3 Å². The topological polar surface area (TPSA) is 43.8 Å². The van der Waals surface area contributed by atoms with Crippen molar-refractivity contribution in [2.45, 2.75) is 38.9 Å². The number of aryl methyl sites for hydroxylation is 1. The highest BCUT2D eigenvalue weighted by atomic mass is 19.1. The molecule has 1 atom stereocenters. The normalized spacial score (nSPS) is 15.4. The molecule has 0 radical (unpaired) electrons. The SMILES string of the molecule is CCCC(F)(CN)c1nccn1CC. The molecule has 0 saturated heterocycles. The Balaban J connectivity index is 2.98. The molecule has 4 heteroatoms. The van der Waals surface area contributed by atoms with E-state index in [0.29, 0.717) is 12.2 Å². The third-order valence-corrected chi connectivity index (χ3v) is 2.43. The standard InChI is InChI=1S/C10H18FN3/c1-3-5-10(11,8-12)9-13-6-7-14(9)4-2/h6-7H,3-5,8,12H2,1-2H3. The van der Waals surface area contributed by atoms with Crippen LogP contribution in [-0.4, -0.2) is 16.1 Å². The minimum Gasteiger partial charge on any atom is -0.332 e. The van der Waals surface area contributed by atoms with E-state index in [0.717, 1.165) is 13.0 Å². The van der Waals surface area contributed by atoms with Crippen LogP contribution in [0.5, 0.6) is 0 Å². The molecule has 1 unspecified atom stereocenters. The molecule has 0 aromatic carbocycles. The molecule has 80 valence electrons. The monoisotopic (exact) mass is 199 g/mol. The molecule has 0 amide bonds. The molecule has 0 aliphatic rings. The number of halogens is 1. The fourth-order valence-electron chi connectivity index (χ4n) is 1.66. The van der Waals surface area contributed by atoms with Gasteiger partial charge in [0, 0.05) is 25.5 Å². The number of hydrogen-bond donors (Lipinski definition) is 1. The molecular weight excluding hydrogens is 181 g/mol. The minimum absolute atomic E-state index is 0.00213. The molecule has 0 bridgehead atoms. The summed E-state index contributed by atoms with van der Waals surface area (Å²) in [5.74, 6) is 0.462. The highest BCUT2D eigenvalue weighted by Gasteiger charge is 2.33.